The van der Waals surface area contributed by atoms with Crippen LogP contribution < -0.4 is 5.32 Å². The minimum atomic E-state index is -1.64. The summed E-state index contributed by atoms with van der Waals surface area (Å²) in [6, 6.07) is -1.04. The van der Waals surface area contributed by atoms with Crippen molar-refractivity contribution in [2.45, 2.75) is 320 Å². The minimum Gasteiger partial charge on any atom is -0.454 e. The van der Waals surface area contributed by atoms with Gasteiger partial charge in [-0.2, -0.15) is 0 Å². The number of carbonyl (C=O) groups excluding carboxylic acids is 2. The van der Waals surface area contributed by atoms with Crippen LogP contribution in [0.5, 0.6) is 0 Å². The zero-order chi connectivity index (χ0) is 61.7. The molecule has 1 heterocycles. The van der Waals surface area contributed by atoms with E-state index < -0.39 is 67.4 Å². The second-order valence-electron chi connectivity index (χ2n) is 23.2. The van der Waals surface area contributed by atoms with E-state index in [1.165, 1.54) is 103 Å². The SMILES string of the molecule is CC/C=C\C/C=C\C/C=C\C/C=C\C/C=C\CCCCCC(=O)OC1C(OCC(NC(=O)C(O)CCCCCCCCCCCC/C=C\C/C=C\C/C=C\C/C=C\CCCCC)C(O)/C=C/CCCCCCCCCCC)OC(CO)C(O)C1O. The maximum absolute atomic E-state index is 13.5. The van der Waals surface area contributed by atoms with Crippen LogP contribution in [-0.4, -0.2) is 99.6 Å². The molecule has 1 aliphatic heterocycles. The maximum Gasteiger partial charge on any atom is 0.306 e. The van der Waals surface area contributed by atoms with Crippen LogP contribution in [0.1, 0.15) is 271 Å². The van der Waals surface area contributed by atoms with E-state index >= 15 is 0 Å². The van der Waals surface area contributed by atoms with Gasteiger partial charge in [0.05, 0.1) is 25.4 Å². The molecule has 1 rings (SSSR count). The smallest absolute Gasteiger partial charge is 0.306 e. The van der Waals surface area contributed by atoms with Crippen LogP contribution in [0, 0.1) is 0 Å². The zero-order valence-corrected chi connectivity index (χ0v) is 53.9. The average molecular weight is 1190 g/mol. The largest absolute Gasteiger partial charge is 0.454 e. The van der Waals surface area contributed by atoms with Crippen LogP contribution in [0.4, 0.5) is 0 Å². The number of nitrogens with one attached hydrogen (secondary N) is 1. The number of aliphatic hydroxyl groups excluding tert-OH is 5. The number of amides is 1. The molecule has 486 valence electrons. The molecule has 1 aliphatic rings. The molecule has 8 atom stereocenters. The minimum absolute atomic E-state index is 0.0782. The molecule has 85 heavy (non-hydrogen) atoms. The quantitative estimate of drug-likeness (QED) is 0.0195. The van der Waals surface area contributed by atoms with Crippen molar-refractivity contribution in [3.05, 3.63) is 122 Å². The molecule has 8 unspecified atom stereocenters. The fraction of sp³-hybridized carbons (Fsp3) is 0.703. The van der Waals surface area contributed by atoms with Crippen molar-refractivity contribution >= 4 is 11.9 Å². The van der Waals surface area contributed by atoms with Gasteiger partial charge in [-0.05, 0) is 116 Å². The van der Waals surface area contributed by atoms with E-state index in [0.717, 1.165) is 122 Å². The molecule has 0 aromatic rings. The van der Waals surface area contributed by atoms with Crippen LogP contribution in [0.3, 0.4) is 0 Å². The average Bonchev–Trinajstić information content (AvgIpc) is 2.90. The van der Waals surface area contributed by atoms with Gasteiger partial charge in [0.15, 0.2) is 12.4 Å². The summed E-state index contributed by atoms with van der Waals surface area (Å²) in [5.41, 5.74) is 0. The van der Waals surface area contributed by atoms with E-state index in [4.69, 9.17) is 14.2 Å². The first-order chi connectivity index (χ1) is 41.7. The number of hydrogen-bond donors (Lipinski definition) is 6. The molecule has 6 N–H and O–H groups in total. The van der Waals surface area contributed by atoms with Crippen molar-refractivity contribution < 1.29 is 49.3 Å². The normalized spacial score (nSPS) is 19.2. The van der Waals surface area contributed by atoms with E-state index in [2.05, 4.69) is 135 Å². The van der Waals surface area contributed by atoms with E-state index in [1.807, 2.05) is 6.08 Å². The summed E-state index contributed by atoms with van der Waals surface area (Å²) < 4.78 is 17.6. The highest BCUT2D eigenvalue weighted by Crippen LogP contribution is 2.26. The Morgan fingerprint density at radius 1 is 0.471 bits per heavy atom. The number of aliphatic hydroxyl groups is 5. The summed E-state index contributed by atoms with van der Waals surface area (Å²) in [6.07, 6.45) is 73.8. The fourth-order valence-electron chi connectivity index (χ4n) is 9.96. The van der Waals surface area contributed by atoms with Crippen molar-refractivity contribution in [3.63, 3.8) is 0 Å². The third kappa shape index (κ3) is 47.8. The van der Waals surface area contributed by atoms with Crippen LogP contribution in [0.2, 0.25) is 0 Å². The molecular formula is C74H125NO10. The van der Waals surface area contributed by atoms with Crippen LogP contribution in [0.15, 0.2) is 122 Å². The molecule has 11 heteroatoms. The Labute approximate surface area is 519 Å². The standard InChI is InChI=1S/C74H125NO10/c1-4-7-10-13-16-19-22-24-26-28-30-31-32-33-34-35-36-38-39-41-43-46-49-52-55-58-61-67(78)73(82)75-65(66(77)60-57-54-51-48-45-21-18-15-12-9-6-3)64-83-74-72(71(81)70(80)68(63-76)84-74)85-69(79)62-59-56-53-50-47-44-42-40-37-29-27-25-23-20-17-14-11-8-5-2/h8,11,16-17,19-20,24-27,30-31,33-34,37,40,44,47,57,60,65-68,70-72,74,76-78,80-81H,4-7,9-10,12-15,18,21-23,28-29,32,35-36,38-39,41-43,45-46,48-56,58-59,61-64H2,1-3H3,(H,75,82)/b11-8-,19-16-,20-17-,26-24-,27-25-,31-30-,34-33-,40-37-,47-44-,60-57+. The van der Waals surface area contributed by atoms with Crippen molar-refractivity contribution in [1.82, 2.24) is 5.32 Å². The first-order valence-electron chi connectivity index (χ1n) is 34.3. The van der Waals surface area contributed by atoms with Crippen LogP contribution in [-0.2, 0) is 23.8 Å². The lowest BCUT2D eigenvalue weighted by atomic mass is 9.99. The number of esters is 1. The van der Waals surface area contributed by atoms with Gasteiger partial charge in [-0.1, -0.05) is 271 Å². The molecule has 0 spiro atoms. The topological polar surface area (TPSA) is 175 Å². The molecule has 0 aromatic carbocycles. The Morgan fingerprint density at radius 2 is 0.847 bits per heavy atom. The van der Waals surface area contributed by atoms with Gasteiger partial charge < -0.3 is 45.1 Å². The second-order valence-corrected chi connectivity index (χ2v) is 23.2. The summed E-state index contributed by atoms with van der Waals surface area (Å²) in [4.78, 5) is 26.6. The van der Waals surface area contributed by atoms with Gasteiger partial charge in [0.2, 0.25) is 5.91 Å². The van der Waals surface area contributed by atoms with Crippen LogP contribution in [0.25, 0.3) is 0 Å². The number of allylic oxidation sites excluding steroid dienone is 19. The number of unbranched alkanes of at least 4 members (excludes halogenated alkanes) is 25. The van der Waals surface area contributed by atoms with E-state index in [1.54, 1.807) is 6.08 Å². The zero-order valence-electron chi connectivity index (χ0n) is 53.9. The van der Waals surface area contributed by atoms with Gasteiger partial charge in [0, 0.05) is 6.42 Å². The van der Waals surface area contributed by atoms with Gasteiger partial charge in [-0.25, -0.2) is 0 Å². The molecule has 1 fully saturated rings. The van der Waals surface area contributed by atoms with E-state index in [9.17, 15) is 35.1 Å². The predicted molar refractivity (Wildman–Crippen MR) is 356 cm³/mol. The Bertz CT molecular complexity index is 1850. The summed E-state index contributed by atoms with van der Waals surface area (Å²) in [6.45, 7) is 5.62. The summed E-state index contributed by atoms with van der Waals surface area (Å²) >= 11 is 0. The molecule has 0 aliphatic carbocycles. The summed E-state index contributed by atoms with van der Waals surface area (Å²) in [5, 5.41) is 57.1. The molecular weight excluding hydrogens is 1060 g/mol. The van der Waals surface area contributed by atoms with Crippen molar-refractivity contribution in [2.75, 3.05) is 13.2 Å². The van der Waals surface area contributed by atoms with Crippen molar-refractivity contribution in [1.29, 1.82) is 0 Å². The highest BCUT2D eigenvalue weighted by molar-refractivity contribution is 5.80. The van der Waals surface area contributed by atoms with Crippen LogP contribution >= 0.6 is 0 Å². The molecule has 0 saturated carbocycles. The lowest BCUT2D eigenvalue weighted by molar-refractivity contribution is -0.305. The molecule has 1 amide bonds. The van der Waals surface area contributed by atoms with E-state index in [-0.39, 0.29) is 19.4 Å². The van der Waals surface area contributed by atoms with E-state index in [0.29, 0.717) is 12.8 Å². The predicted octanol–water partition coefficient (Wildman–Crippen LogP) is 17.4. The summed E-state index contributed by atoms with van der Waals surface area (Å²) in [7, 11) is 0. The molecule has 1 saturated heterocycles. The molecule has 0 bridgehead atoms. The van der Waals surface area contributed by atoms with Gasteiger partial charge >= 0.3 is 5.97 Å². The molecule has 0 aromatic heterocycles. The van der Waals surface area contributed by atoms with Crippen molar-refractivity contribution in [2.24, 2.45) is 0 Å². The Hall–Kier alpha value is -3.94. The maximum atomic E-state index is 13.5. The number of ether oxygens (including phenoxy) is 3. The number of carbonyl (C=O) groups is 2. The van der Waals surface area contributed by atoms with Crippen molar-refractivity contribution in [3.8, 4) is 0 Å². The van der Waals surface area contributed by atoms with Gasteiger partial charge in [-0.3, -0.25) is 9.59 Å². The number of rotatable bonds is 57. The molecule has 0 radical (unpaired) electrons. The third-order valence-corrected chi connectivity index (χ3v) is 15.3. The second kappa shape index (κ2) is 60.3. The highest BCUT2D eigenvalue weighted by atomic mass is 16.7. The Kier molecular flexibility index (Phi) is 56.1. The third-order valence-electron chi connectivity index (χ3n) is 15.3. The Morgan fingerprint density at radius 3 is 1.29 bits per heavy atom. The van der Waals surface area contributed by atoms with Gasteiger partial charge in [-0.15, -0.1) is 0 Å². The summed E-state index contributed by atoms with van der Waals surface area (Å²) in [5.74, 6) is -1.24. The molecule has 11 nitrogen and oxygen atoms in total. The number of hydrogen-bond acceptors (Lipinski definition) is 10. The lowest BCUT2D eigenvalue weighted by Gasteiger charge is -2.41. The Balaban J connectivity index is 2.60. The monoisotopic (exact) mass is 1190 g/mol. The highest BCUT2D eigenvalue weighted by Gasteiger charge is 2.47. The fourth-order valence-corrected chi connectivity index (χ4v) is 9.96. The lowest BCUT2D eigenvalue weighted by Crippen LogP contribution is -2.61. The first-order valence-corrected chi connectivity index (χ1v) is 34.3. The van der Waals surface area contributed by atoms with Gasteiger partial charge in [0.1, 0.15) is 24.4 Å². The van der Waals surface area contributed by atoms with Gasteiger partial charge in [0.25, 0.3) is 0 Å². The first kappa shape index (κ1) is 79.1.